The molecule has 0 unspecified atom stereocenters. The maximum Gasteiger partial charge on any atom is 0.276 e. The fourth-order valence-electron chi connectivity index (χ4n) is 1.37. The molecule has 0 radical (unpaired) electrons. The molecule has 2 heterocycles. The zero-order valence-electron chi connectivity index (χ0n) is 10.5. The second kappa shape index (κ2) is 6.11. The van der Waals surface area contributed by atoms with Crippen LogP contribution in [0.25, 0.3) is 0 Å². The Labute approximate surface area is 119 Å². The van der Waals surface area contributed by atoms with Crippen molar-refractivity contribution in [1.29, 1.82) is 0 Å². The van der Waals surface area contributed by atoms with E-state index in [4.69, 9.17) is 11.6 Å². The molecule has 104 valence electrons. The van der Waals surface area contributed by atoms with Crippen LogP contribution in [0.3, 0.4) is 0 Å². The number of nitrogens with zero attached hydrogens (tertiary/aromatic N) is 4. The van der Waals surface area contributed by atoms with Gasteiger partial charge in [-0.15, -0.1) is 10.2 Å². The summed E-state index contributed by atoms with van der Waals surface area (Å²) in [6.45, 7) is 0.0765. The molecule has 0 aliphatic rings. The molecule has 2 N–H and O–H groups in total. The third-order valence-corrected chi connectivity index (χ3v) is 2.54. The molecule has 8 nitrogen and oxygen atoms in total. The van der Waals surface area contributed by atoms with Crippen LogP contribution in [0, 0.1) is 0 Å². The Morgan fingerprint density at radius 3 is 2.80 bits per heavy atom. The second-order valence-electron chi connectivity index (χ2n) is 3.80. The largest absolute Gasteiger partial charge is 0.358 e. The topological polar surface area (TPSA) is 102 Å². The predicted octanol–water partition coefficient (Wildman–Crippen LogP) is 0.325. The van der Waals surface area contributed by atoms with Crippen LogP contribution in [0.2, 0.25) is 5.15 Å². The maximum atomic E-state index is 11.8. The van der Waals surface area contributed by atoms with Crippen molar-refractivity contribution in [3.63, 3.8) is 0 Å². The Kier molecular flexibility index (Phi) is 4.26. The van der Waals surface area contributed by atoms with E-state index >= 15 is 0 Å². The van der Waals surface area contributed by atoms with Gasteiger partial charge in [-0.3, -0.25) is 14.3 Å². The molecule has 2 aromatic heterocycles. The molecule has 9 heteroatoms. The standard InChI is InChI=1S/C11H11ClN6O2/c1-13-10(19)6-18-5-7(4-14-18)15-11(20)8-2-3-9(12)17-16-8/h2-5H,6H2,1H3,(H,13,19)(H,15,20). The summed E-state index contributed by atoms with van der Waals surface area (Å²) in [6.07, 6.45) is 2.97. The molecule has 0 aliphatic carbocycles. The number of nitrogens with one attached hydrogen (secondary N) is 2. The highest BCUT2D eigenvalue weighted by atomic mass is 35.5. The highest BCUT2D eigenvalue weighted by Crippen LogP contribution is 2.08. The maximum absolute atomic E-state index is 11.8. The smallest absolute Gasteiger partial charge is 0.276 e. The molecule has 2 aromatic rings. The number of rotatable bonds is 4. The Hall–Kier alpha value is -2.48. The van der Waals surface area contributed by atoms with Gasteiger partial charge in [0.15, 0.2) is 10.8 Å². The van der Waals surface area contributed by atoms with Gasteiger partial charge in [-0.1, -0.05) is 11.6 Å². The van der Waals surface area contributed by atoms with E-state index in [1.54, 1.807) is 0 Å². The van der Waals surface area contributed by atoms with Crippen molar-refractivity contribution >= 4 is 29.1 Å². The van der Waals surface area contributed by atoms with E-state index in [-0.39, 0.29) is 23.3 Å². The number of amides is 2. The van der Waals surface area contributed by atoms with Gasteiger partial charge in [0.25, 0.3) is 5.91 Å². The lowest BCUT2D eigenvalue weighted by Gasteiger charge is -2.01. The summed E-state index contributed by atoms with van der Waals surface area (Å²) >= 11 is 5.59. The fourth-order valence-corrected chi connectivity index (χ4v) is 1.47. The Morgan fingerprint density at radius 1 is 1.35 bits per heavy atom. The summed E-state index contributed by atoms with van der Waals surface area (Å²) in [5, 5.41) is 16.5. The highest BCUT2D eigenvalue weighted by molar-refractivity contribution is 6.29. The van der Waals surface area contributed by atoms with Crippen molar-refractivity contribution < 1.29 is 9.59 Å². The lowest BCUT2D eigenvalue weighted by atomic mass is 10.3. The first-order chi connectivity index (χ1) is 9.58. The first-order valence-electron chi connectivity index (χ1n) is 5.62. The van der Waals surface area contributed by atoms with Crippen LogP contribution < -0.4 is 10.6 Å². The lowest BCUT2D eigenvalue weighted by Crippen LogP contribution is -2.23. The normalized spacial score (nSPS) is 10.1. The Balaban J connectivity index is 2.01. The summed E-state index contributed by atoms with van der Waals surface area (Å²) in [5.74, 6) is -0.622. The van der Waals surface area contributed by atoms with E-state index in [1.165, 1.54) is 36.3 Å². The van der Waals surface area contributed by atoms with Gasteiger partial charge >= 0.3 is 0 Å². The minimum absolute atomic E-state index is 0.0765. The minimum atomic E-state index is -0.436. The van der Waals surface area contributed by atoms with Crippen molar-refractivity contribution in [1.82, 2.24) is 25.3 Å². The van der Waals surface area contributed by atoms with Gasteiger partial charge in [-0.05, 0) is 12.1 Å². The molecule has 2 amide bonds. The van der Waals surface area contributed by atoms with Crippen molar-refractivity contribution in [3.8, 4) is 0 Å². The van der Waals surface area contributed by atoms with Crippen LogP contribution in [0.1, 0.15) is 10.5 Å². The Bertz CT molecular complexity index is 624. The second-order valence-corrected chi connectivity index (χ2v) is 4.18. The summed E-state index contributed by atoms with van der Waals surface area (Å²) < 4.78 is 1.40. The number of hydrogen-bond acceptors (Lipinski definition) is 5. The molecular formula is C11H11ClN6O2. The number of aromatic nitrogens is 4. The number of carbonyl (C=O) groups excluding carboxylic acids is 2. The van der Waals surface area contributed by atoms with Crippen LogP contribution in [-0.4, -0.2) is 38.8 Å². The number of anilines is 1. The van der Waals surface area contributed by atoms with Crippen molar-refractivity contribution in [2.75, 3.05) is 12.4 Å². The molecule has 0 aromatic carbocycles. The fraction of sp³-hybridized carbons (Fsp3) is 0.182. The first-order valence-corrected chi connectivity index (χ1v) is 6.00. The molecule has 20 heavy (non-hydrogen) atoms. The molecule has 0 saturated heterocycles. The van der Waals surface area contributed by atoms with E-state index in [0.717, 1.165) is 0 Å². The molecule has 0 atom stereocenters. The van der Waals surface area contributed by atoms with Crippen LogP contribution in [-0.2, 0) is 11.3 Å². The van der Waals surface area contributed by atoms with E-state index in [0.29, 0.717) is 5.69 Å². The van der Waals surface area contributed by atoms with Crippen LogP contribution in [0.15, 0.2) is 24.5 Å². The van der Waals surface area contributed by atoms with Gasteiger partial charge in [-0.25, -0.2) is 0 Å². The SMILES string of the molecule is CNC(=O)Cn1cc(NC(=O)c2ccc(Cl)nn2)cn1. The third-order valence-electron chi connectivity index (χ3n) is 2.34. The van der Waals surface area contributed by atoms with Gasteiger partial charge in [-0.2, -0.15) is 5.10 Å². The number of likely N-dealkylation sites (N-methyl/N-ethyl adjacent to an activating group) is 1. The number of hydrogen-bond donors (Lipinski definition) is 2. The van der Waals surface area contributed by atoms with Crippen molar-refractivity contribution in [2.24, 2.45) is 0 Å². The summed E-state index contributed by atoms with van der Waals surface area (Å²) in [4.78, 5) is 23.0. The van der Waals surface area contributed by atoms with Gasteiger partial charge in [0.05, 0.1) is 11.9 Å². The third kappa shape index (κ3) is 3.51. The highest BCUT2D eigenvalue weighted by Gasteiger charge is 2.10. The zero-order chi connectivity index (χ0) is 14.5. The Morgan fingerprint density at radius 2 is 2.15 bits per heavy atom. The number of halogens is 1. The molecule has 0 spiro atoms. The summed E-state index contributed by atoms with van der Waals surface area (Å²) in [5.41, 5.74) is 0.587. The van der Waals surface area contributed by atoms with Crippen LogP contribution in [0.5, 0.6) is 0 Å². The van der Waals surface area contributed by atoms with Gasteiger partial charge < -0.3 is 10.6 Å². The van der Waals surface area contributed by atoms with Gasteiger partial charge in [0, 0.05) is 13.2 Å². The van der Waals surface area contributed by atoms with E-state index in [2.05, 4.69) is 25.9 Å². The zero-order valence-corrected chi connectivity index (χ0v) is 11.3. The first kappa shape index (κ1) is 13.9. The van der Waals surface area contributed by atoms with Crippen molar-refractivity contribution in [3.05, 3.63) is 35.4 Å². The summed E-state index contributed by atoms with van der Waals surface area (Å²) in [7, 11) is 1.54. The summed E-state index contributed by atoms with van der Waals surface area (Å²) in [6, 6.07) is 2.93. The van der Waals surface area contributed by atoms with Crippen LogP contribution in [0.4, 0.5) is 5.69 Å². The van der Waals surface area contributed by atoms with E-state index < -0.39 is 5.91 Å². The average Bonchev–Trinajstić information content (AvgIpc) is 2.86. The van der Waals surface area contributed by atoms with Gasteiger partial charge in [0.1, 0.15) is 6.54 Å². The quantitative estimate of drug-likeness (QED) is 0.846. The van der Waals surface area contributed by atoms with E-state index in [1.807, 2.05) is 0 Å². The molecular weight excluding hydrogens is 284 g/mol. The lowest BCUT2D eigenvalue weighted by molar-refractivity contribution is -0.121. The number of carbonyl (C=O) groups is 2. The average molecular weight is 295 g/mol. The molecule has 0 fully saturated rings. The minimum Gasteiger partial charge on any atom is -0.358 e. The molecule has 0 saturated carbocycles. The molecule has 2 rings (SSSR count). The molecule has 0 bridgehead atoms. The monoisotopic (exact) mass is 294 g/mol. The van der Waals surface area contributed by atoms with E-state index in [9.17, 15) is 9.59 Å². The predicted molar refractivity (Wildman–Crippen MR) is 71.3 cm³/mol. The van der Waals surface area contributed by atoms with Gasteiger partial charge in [0.2, 0.25) is 5.91 Å². The van der Waals surface area contributed by atoms with Crippen molar-refractivity contribution in [2.45, 2.75) is 6.54 Å². The van der Waals surface area contributed by atoms with Crippen LogP contribution >= 0.6 is 11.6 Å². The molecule has 0 aliphatic heterocycles.